The molecular formula is C18H17BrN4O3S. The normalized spacial score (nSPS) is 11.9. The molecule has 9 heteroatoms. The molecule has 3 aromatic rings. The molecule has 1 aromatic carbocycles. The number of aromatic nitrogens is 2. The minimum atomic E-state index is -3.46. The minimum absolute atomic E-state index is 0.171. The number of sulfonamides is 1. The Morgan fingerprint density at radius 3 is 2.63 bits per heavy atom. The number of hydrogen-bond acceptors (Lipinski definition) is 4. The van der Waals surface area contributed by atoms with E-state index < -0.39 is 10.0 Å². The molecule has 0 unspecified atom stereocenters. The molecule has 0 atom stereocenters. The number of nitrogens with zero attached hydrogens (tertiary/aromatic N) is 2. The Bertz CT molecular complexity index is 1110. The lowest BCUT2D eigenvalue weighted by Gasteiger charge is -2.02. The van der Waals surface area contributed by atoms with Crippen molar-refractivity contribution in [2.75, 3.05) is 7.05 Å². The molecule has 3 rings (SSSR count). The smallest absolute Gasteiger partial charge is 0.244 e. The van der Waals surface area contributed by atoms with Gasteiger partial charge in [0.15, 0.2) is 0 Å². The lowest BCUT2D eigenvalue weighted by molar-refractivity contribution is -0.116. The van der Waals surface area contributed by atoms with E-state index in [1.807, 2.05) is 28.9 Å². The van der Waals surface area contributed by atoms with Gasteiger partial charge < -0.3 is 9.72 Å². The van der Waals surface area contributed by atoms with Gasteiger partial charge in [-0.2, -0.15) is 0 Å². The summed E-state index contributed by atoms with van der Waals surface area (Å²) >= 11 is 3.40. The zero-order valence-corrected chi connectivity index (χ0v) is 16.8. The number of amides is 1. The van der Waals surface area contributed by atoms with Gasteiger partial charge >= 0.3 is 0 Å². The van der Waals surface area contributed by atoms with Gasteiger partial charge in [0.25, 0.3) is 0 Å². The summed E-state index contributed by atoms with van der Waals surface area (Å²) in [6, 6.07) is 10.0. The van der Waals surface area contributed by atoms with E-state index in [9.17, 15) is 13.2 Å². The average Bonchev–Trinajstić information content (AvgIpc) is 3.07. The maximum absolute atomic E-state index is 12.0. The summed E-state index contributed by atoms with van der Waals surface area (Å²) in [6.45, 7) is 0.307. The molecule has 0 aliphatic rings. The highest BCUT2D eigenvalue weighted by Crippen LogP contribution is 2.13. The fourth-order valence-corrected chi connectivity index (χ4v) is 3.47. The van der Waals surface area contributed by atoms with E-state index in [2.05, 4.69) is 31.0 Å². The Kier molecular flexibility index (Phi) is 5.73. The molecule has 7 nitrogen and oxygen atoms in total. The molecule has 0 saturated heterocycles. The number of rotatable bonds is 6. The third-order valence-electron chi connectivity index (χ3n) is 3.79. The van der Waals surface area contributed by atoms with Crippen LogP contribution in [0.1, 0.15) is 11.3 Å². The summed E-state index contributed by atoms with van der Waals surface area (Å²) in [5.74, 6) is -0.264. The molecule has 0 radical (unpaired) electrons. The largest absolute Gasteiger partial charge is 0.347 e. The van der Waals surface area contributed by atoms with E-state index in [-0.39, 0.29) is 10.8 Å². The van der Waals surface area contributed by atoms with Crippen LogP contribution in [0.15, 0.2) is 64.2 Å². The van der Waals surface area contributed by atoms with Gasteiger partial charge in [-0.1, -0.05) is 12.1 Å². The third-order valence-corrected chi connectivity index (χ3v) is 5.69. The zero-order valence-electron chi connectivity index (χ0n) is 14.4. The summed E-state index contributed by atoms with van der Waals surface area (Å²) in [5.41, 5.74) is 2.27. The van der Waals surface area contributed by atoms with Gasteiger partial charge in [-0.3, -0.25) is 4.79 Å². The molecule has 0 aliphatic heterocycles. The Morgan fingerprint density at radius 2 is 1.93 bits per heavy atom. The van der Waals surface area contributed by atoms with Gasteiger partial charge in [-0.25, -0.2) is 18.1 Å². The number of benzene rings is 1. The first-order valence-corrected chi connectivity index (χ1v) is 10.3. The van der Waals surface area contributed by atoms with Crippen molar-refractivity contribution in [3.05, 3.63) is 70.6 Å². The Morgan fingerprint density at radius 1 is 1.19 bits per heavy atom. The van der Waals surface area contributed by atoms with E-state index in [1.165, 1.54) is 25.3 Å². The lowest BCUT2D eigenvalue weighted by atomic mass is 10.2. The highest BCUT2D eigenvalue weighted by Gasteiger charge is 2.09. The second-order valence-electron chi connectivity index (χ2n) is 5.67. The van der Waals surface area contributed by atoms with Crippen LogP contribution in [0.2, 0.25) is 0 Å². The Balaban J connectivity index is 1.59. The van der Waals surface area contributed by atoms with Crippen molar-refractivity contribution in [3.8, 4) is 0 Å². The predicted molar refractivity (Wildman–Crippen MR) is 106 cm³/mol. The first kappa shape index (κ1) is 19.3. The molecule has 2 aromatic heterocycles. The predicted octanol–water partition coefficient (Wildman–Crippen LogP) is 2.33. The topological polar surface area (TPSA) is 92.6 Å². The van der Waals surface area contributed by atoms with E-state index in [1.54, 1.807) is 18.2 Å². The molecule has 1 amide bonds. The standard InChI is InChI=1S/C18H17BrN4O3S/c1-20-27(25,26)16-6-2-13(3-7-16)4-9-18(24)21-10-15-12-23-11-14(19)5-8-17(23)22-15/h2-9,11-12,20H,10H2,1H3,(H,21,24)/b9-4+. The van der Waals surface area contributed by atoms with Crippen molar-refractivity contribution in [3.63, 3.8) is 0 Å². The summed E-state index contributed by atoms with van der Waals surface area (Å²) in [6.07, 6.45) is 6.76. The summed E-state index contributed by atoms with van der Waals surface area (Å²) in [7, 11) is -2.11. The summed E-state index contributed by atoms with van der Waals surface area (Å²) < 4.78 is 28.4. The highest BCUT2D eigenvalue weighted by atomic mass is 79.9. The number of pyridine rings is 1. The molecule has 0 spiro atoms. The van der Waals surface area contributed by atoms with Crippen LogP contribution in [0, 0.1) is 0 Å². The van der Waals surface area contributed by atoms with Crippen molar-refractivity contribution < 1.29 is 13.2 Å². The number of hydrogen-bond donors (Lipinski definition) is 2. The second kappa shape index (κ2) is 8.03. The van der Waals surface area contributed by atoms with Gasteiger partial charge in [-0.05, 0) is 58.9 Å². The fourth-order valence-electron chi connectivity index (χ4n) is 2.39. The molecule has 2 heterocycles. The number of halogens is 1. The monoisotopic (exact) mass is 448 g/mol. The number of carbonyl (C=O) groups excluding carboxylic acids is 1. The van der Waals surface area contributed by atoms with Crippen molar-refractivity contribution in [1.82, 2.24) is 19.4 Å². The van der Waals surface area contributed by atoms with Crippen LogP contribution in [0.5, 0.6) is 0 Å². The number of nitrogens with one attached hydrogen (secondary N) is 2. The van der Waals surface area contributed by atoms with E-state index >= 15 is 0 Å². The molecule has 0 fully saturated rings. The van der Waals surface area contributed by atoms with Crippen LogP contribution in [0.3, 0.4) is 0 Å². The first-order chi connectivity index (χ1) is 12.9. The minimum Gasteiger partial charge on any atom is -0.347 e. The molecule has 140 valence electrons. The Hall–Kier alpha value is -2.49. The van der Waals surface area contributed by atoms with E-state index in [0.29, 0.717) is 6.54 Å². The van der Waals surface area contributed by atoms with Gasteiger partial charge in [0, 0.05) is 22.9 Å². The van der Waals surface area contributed by atoms with Crippen LogP contribution in [-0.2, 0) is 21.4 Å². The number of carbonyl (C=O) groups is 1. The molecule has 2 N–H and O–H groups in total. The quantitative estimate of drug-likeness (QED) is 0.565. The van der Waals surface area contributed by atoms with Crippen LogP contribution >= 0.6 is 15.9 Å². The molecule has 0 saturated carbocycles. The van der Waals surface area contributed by atoms with Gasteiger partial charge in [0.1, 0.15) is 5.65 Å². The van der Waals surface area contributed by atoms with Crippen LogP contribution in [-0.4, -0.2) is 30.8 Å². The van der Waals surface area contributed by atoms with Crippen LogP contribution in [0.25, 0.3) is 11.7 Å². The molecule has 0 aliphatic carbocycles. The van der Waals surface area contributed by atoms with E-state index in [4.69, 9.17) is 0 Å². The fraction of sp³-hybridized carbons (Fsp3) is 0.111. The van der Waals surface area contributed by atoms with Crippen molar-refractivity contribution >= 4 is 43.6 Å². The second-order valence-corrected chi connectivity index (χ2v) is 8.47. The lowest BCUT2D eigenvalue weighted by Crippen LogP contribution is -2.20. The van der Waals surface area contributed by atoms with Crippen LogP contribution < -0.4 is 10.0 Å². The zero-order chi connectivity index (χ0) is 19.4. The first-order valence-electron chi connectivity index (χ1n) is 8.00. The summed E-state index contributed by atoms with van der Waals surface area (Å²) in [4.78, 5) is 16.6. The van der Waals surface area contributed by atoms with Crippen LogP contribution in [0.4, 0.5) is 0 Å². The summed E-state index contributed by atoms with van der Waals surface area (Å²) in [5, 5.41) is 2.77. The highest BCUT2D eigenvalue weighted by molar-refractivity contribution is 9.10. The number of imidazole rings is 1. The van der Waals surface area contributed by atoms with Crippen molar-refractivity contribution in [1.29, 1.82) is 0 Å². The van der Waals surface area contributed by atoms with Gasteiger partial charge in [0.05, 0.1) is 17.1 Å². The SMILES string of the molecule is CNS(=O)(=O)c1ccc(/C=C/C(=O)NCc2cn3cc(Br)ccc3n2)cc1. The van der Waals surface area contributed by atoms with E-state index in [0.717, 1.165) is 21.4 Å². The Labute approximate surface area is 165 Å². The molecule has 27 heavy (non-hydrogen) atoms. The van der Waals surface area contributed by atoms with Gasteiger partial charge in [-0.15, -0.1) is 0 Å². The molecular weight excluding hydrogens is 432 g/mol. The molecule has 0 bridgehead atoms. The maximum atomic E-state index is 12.0. The number of fused-ring (bicyclic) bond motifs is 1. The van der Waals surface area contributed by atoms with Crippen molar-refractivity contribution in [2.24, 2.45) is 0 Å². The average molecular weight is 449 g/mol. The van der Waals surface area contributed by atoms with Gasteiger partial charge in [0.2, 0.25) is 15.9 Å². The maximum Gasteiger partial charge on any atom is 0.244 e. The van der Waals surface area contributed by atoms with Crippen molar-refractivity contribution in [2.45, 2.75) is 11.4 Å². The third kappa shape index (κ3) is 4.82.